The highest BCUT2D eigenvalue weighted by Crippen LogP contribution is 2.21. The molecule has 0 saturated heterocycles. The summed E-state index contributed by atoms with van der Waals surface area (Å²) in [7, 11) is 0. The van der Waals surface area contributed by atoms with Crippen molar-refractivity contribution in [2.75, 3.05) is 5.32 Å². The van der Waals surface area contributed by atoms with Gasteiger partial charge in [-0.3, -0.25) is 4.79 Å². The van der Waals surface area contributed by atoms with E-state index in [0.717, 1.165) is 5.56 Å². The maximum atomic E-state index is 12.1. The number of amides is 1. The maximum absolute atomic E-state index is 12.1. The quantitative estimate of drug-likeness (QED) is 0.668. The minimum absolute atomic E-state index is 0.143. The van der Waals surface area contributed by atoms with Crippen LogP contribution in [0.25, 0.3) is 6.08 Å². The first-order valence-corrected chi connectivity index (χ1v) is 8.43. The van der Waals surface area contributed by atoms with Crippen LogP contribution in [-0.4, -0.2) is 17.8 Å². The van der Waals surface area contributed by atoms with E-state index in [1.54, 1.807) is 30.3 Å². The summed E-state index contributed by atoms with van der Waals surface area (Å²) in [5, 5.41) is 2.69. The molecule has 0 bridgehead atoms. The summed E-state index contributed by atoms with van der Waals surface area (Å²) in [5.74, 6) is 0.0997. The highest BCUT2D eigenvalue weighted by molar-refractivity contribution is 6.13. The van der Waals surface area contributed by atoms with Gasteiger partial charge in [-0.05, 0) is 47.4 Å². The molecular weight excluding hydrogens is 328 g/mol. The zero-order chi connectivity index (χ0) is 18.7. The Labute approximate surface area is 152 Å². The molecule has 0 unspecified atom stereocenters. The summed E-state index contributed by atoms with van der Waals surface area (Å²) in [6.07, 6.45) is 1.71. The Morgan fingerprint density at radius 1 is 1.08 bits per heavy atom. The van der Waals surface area contributed by atoms with Crippen molar-refractivity contribution in [2.24, 2.45) is 4.99 Å². The molecule has 1 aliphatic rings. The molecule has 1 heterocycles. The summed E-state index contributed by atoms with van der Waals surface area (Å²) >= 11 is 0. The molecule has 5 nitrogen and oxygen atoms in total. The SMILES string of the molecule is CC(=O)Nc1ccc(C2=N/C(=C\c3ccc(C(C)C)cc3)C(=O)O2)cc1. The lowest BCUT2D eigenvalue weighted by Gasteiger charge is -2.04. The van der Waals surface area contributed by atoms with Crippen LogP contribution in [0.2, 0.25) is 0 Å². The number of carbonyl (C=O) groups excluding carboxylic acids is 2. The van der Waals surface area contributed by atoms with E-state index in [-0.39, 0.29) is 17.5 Å². The lowest BCUT2D eigenvalue weighted by molar-refractivity contribution is -0.129. The number of esters is 1. The van der Waals surface area contributed by atoms with E-state index >= 15 is 0 Å². The van der Waals surface area contributed by atoms with Crippen molar-refractivity contribution in [1.29, 1.82) is 0 Å². The molecule has 3 rings (SSSR count). The van der Waals surface area contributed by atoms with Gasteiger partial charge in [-0.2, -0.15) is 0 Å². The van der Waals surface area contributed by atoms with Crippen LogP contribution in [0.3, 0.4) is 0 Å². The Morgan fingerprint density at radius 3 is 2.31 bits per heavy atom. The molecule has 0 saturated carbocycles. The van der Waals surface area contributed by atoms with Crippen molar-refractivity contribution in [2.45, 2.75) is 26.7 Å². The highest BCUT2D eigenvalue weighted by atomic mass is 16.6. The van der Waals surface area contributed by atoms with Gasteiger partial charge in [-0.1, -0.05) is 38.1 Å². The van der Waals surface area contributed by atoms with Gasteiger partial charge in [0.25, 0.3) is 0 Å². The largest absolute Gasteiger partial charge is 0.402 e. The second-order valence-corrected chi connectivity index (χ2v) is 6.42. The third-order valence-electron chi connectivity index (χ3n) is 3.98. The summed E-state index contributed by atoms with van der Waals surface area (Å²) in [4.78, 5) is 27.4. The van der Waals surface area contributed by atoms with Crippen molar-refractivity contribution in [3.05, 3.63) is 70.9 Å². The van der Waals surface area contributed by atoms with Crippen molar-refractivity contribution in [3.63, 3.8) is 0 Å². The van der Waals surface area contributed by atoms with Gasteiger partial charge in [-0.25, -0.2) is 9.79 Å². The molecule has 0 radical (unpaired) electrons. The van der Waals surface area contributed by atoms with E-state index in [4.69, 9.17) is 4.74 Å². The Morgan fingerprint density at radius 2 is 1.73 bits per heavy atom. The summed E-state index contributed by atoms with van der Waals surface area (Å²) in [6.45, 7) is 5.71. The topological polar surface area (TPSA) is 67.8 Å². The average molecular weight is 348 g/mol. The number of ether oxygens (including phenoxy) is 1. The summed E-state index contributed by atoms with van der Waals surface area (Å²) in [5.41, 5.74) is 3.75. The van der Waals surface area contributed by atoms with E-state index in [2.05, 4.69) is 24.2 Å². The van der Waals surface area contributed by atoms with Gasteiger partial charge in [0.2, 0.25) is 11.8 Å². The Hall–Kier alpha value is -3.21. The lowest BCUT2D eigenvalue weighted by atomic mass is 10.0. The lowest BCUT2D eigenvalue weighted by Crippen LogP contribution is -2.07. The second kappa shape index (κ2) is 7.35. The monoisotopic (exact) mass is 348 g/mol. The van der Waals surface area contributed by atoms with Crippen molar-refractivity contribution < 1.29 is 14.3 Å². The molecular formula is C21H20N2O3. The number of hydrogen-bond acceptors (Lipinski definition) is 4. The van der Waals surface area contributed by atoms with Crippen molar-refractivity contribution >= 4 is 29.5 Å². The minimum Gasteiger partial charge on any atom is -0.402 e. The predicted molar refractivity (Wildman–Crippen MR) is 102 cm³/mol. The first kappa shape index (κ1) is 17.6. The van der Waals surface area contributed by atoms with Gasteiger partial charge < -0.3 is 10.1 Å². The van der Waals surface area contributed by atoms with Gasteiger partial charge in [0.1, 0.15) is 0 Å². The van der Waals surface area contributed by atoms with Crippen LogP contribution in [0.15, 0.2) is 59.2 Å². The Bertz CT molecular complexity index is 892. The number of rotatable bonds is 4. The molecule has 5 heteroatoms. The van der Waals surface area contributed by atoms with E-state index in [1.165, 1.54) is 12.5 Å². The Kier molecular flexibility index (Phi) is 4.98. The molecule has 0 atom stereocenters. The number of anilines is 1. The zero-order valence-electron chi connectivity index (χ0n) is 14.9. The second-order valence-electron chi connectivity index (χ2n) is 6.42. The van der Waals surface area contributed by atoms with E-state index in [1.807, 2.05) is 24.3 Å². The van der Waals surface area contributed by atoms with Gasteiger partial charge in [0, 0.05) is 18.2 Å². The van der Waals surface area contributed by atoms with Crippen LogP contribution in [-0.2, 0) is 14.3 Å². The maximum Gasteiger partial charge on any atom is 0.363 e. The van der Waals surface area contributed by atoms with Gasteiger partial charge in [0.15, 0.2) is 5.70 Å². The fourth-order valence-electron chi connectivity index (χ4n) is 2.57. The van der Waals surface area contributed by atoms with Crippen LogP contribution in [0, 0.1) is 0 Å². The van der Waals surface area contributed by atoms with E-state index in [0.29, 0.717) is 17.2 Å². The first-order valence-electron chi connectivity index (χ1n) is 8.43. The number of hydrogen-bond donors (Lipinski definition) is 1. The van der Waals surface area contributed by atoms with Crippen molar-refractivity contribution in [3.8, 4) is 0 Å². The fourth-order valence-corrected chi connectivity index (χ4v) is 2.57. The number of nitrogens with zero attached hydrogens (tertiary/aromatic N) is 1. The number of carbonyl (C=O) groups is 2. The molecule has 2 aromatic carbocycles. The van der Waals surface area contributed by atoms with E-state index < -0.39 is 5.97 Å². The zero-order valence-corrected chi connectivity index (χ0v) is 14.9. The molecule has 26 heavy (non-hydrogen) atoms. The fraction of sp³-hybridized carbons (Fsp3) is 0.190. The van der Waals surface area contributed by atoms with Crippen LogP contribution in [0.5, 0.6) is 0 Å². The third-order valence-corrected chi connectivity index (χ3v) is 3.98. The van der Waals surface area contributed by atoms with Crippen LogP contribution in [0.4, 0.5) is 5.69 Å². The van der Waals surface area contributed by atoms with Crippen LogP contribution < -0.4 is 5.32 Å². The number of aliphatic imine (C=N–C) groups is 1. The molecule has 1 N–H and O–H groups in total. The molecule has 0 fully saturated rings. The van der Waals surface area contributed by atoms with Gasteiger partial charge >= 0.3 is 5.97 Å². The minimum atomic E-state index is -0.473. The van der Waals surface area contributed by atoms with Gasteiger partial charge in [0.05, 0.1) is 0 Å². The van der Waals surface area contributed by atoms with Crippen LogP contribution in [0.1, 0.15) is 43.4 Å². The predicted octanol–water partition coefficient (Wildman–Crippen LogP) is 4.11. The number of benzene rings is 2. The molecule has 0 spiro atoms. The number of nitrogens with one attached hydrogen (secondary N) is 1. The van der Waals surface area contributed by atoms with E-state index in [9.17, 15) is 9.59 Å². The van der Waals surface area contributed by atoms with Gasteiger partial charge in [-0.15, -0.1) is 0 Å². The third kappa shape index (κ3) is 4.06. The standard InChI is InChI=1S/C21H20N2O3/c1-13(2)16-6-4-15(5-7-16)12-19-21(25)26-20(23-19)17-8-10-18(11-9-17)22-14(3)24/h4-13H,1-3H3,(H,22,24)/b19-12-. The number of cyclic esters (lactones) is 1. The average Bonchev–Trinajstić information content (AvgIpc) is 2.96. The summed E-state index contributed by atoms with van der Waals surface area (Å²) < 4.78 is 5.27. The smallest absolute Gasteiger partial charge is 0.363 e. The molecule has 0 aromatic heterocycles. The molecule has 0 aliphatic carbocycles. The van der Waals surface area contributed by atoms with Crippen LogP contribution >= 0.6 is 0 Å². The molecule has 2 aromatic rings. The van der Waals surface area contributed by atoms with Crippen molar-refractivity contribution in [1.82, 2.24) is 0 Å². The Balaban J connectivity index is 1.81. The molecule has 1 aliphatic heterocycles. The molecule has 132 valence electrons. The highest BCUT2D eigenvalue weighted by Gasteiger charge is 2.24. The normalized spacial score (nSPS) is 15.2. The molecule has 1 amide bonds. The first-order chi connectivity index (χ1) is 12.4. The summed E-state index contributed by atoms with van der Waals surface area (Å²) in [6, 6.07) is 15.0.